The largest absolute Gasteiger partial charge is 0.525 e. The van der Waals surface area contributed by atoms with Gasteiger partial charge >= 0.3 is 15.6 Å². The Morgan fingerprint density at radius 2 is 1.89 bits per heavy atom. The predicted octanol–water partition coefficient (Wildman–Crippen LogP) is 0.658. The molecule has 1 saturated heterocycles. The molecule has 0 N–H and O–H groups in total. The number of rotatable bonds is 2. The SMILES string of the molecule is O=C1C2C3C=CC3C2CN1OS(=O)(=O)C(F)(F)F. The summed E-state index contributed by atoms with van der Waals surface area (Å²) in [5.74, 6) is -1.04. The average Bonchev–Trinajstić information content (AvgIpc) is 2.41. The molecule has 2 fully saturated rings. The molecule has 9 heteroatoms. The number of halogens is 3. The molecular formula is C9H8F3NO4S. The van der Waals surface area contributed by atoms with Crippen LogP contribution in [0.15, 0.2) is 12.2 Å². The zero-order chi connectivity index (χ0) is 13.3. The van der Waals surface area contributed by atoms with Crippen molar-refractivity contribution in [3.05, 3.63) is 12.2 Å². The van der Waals surface area contributed by atoms with Crippen LogP contribution in [0.3, 0.4) is 0 Å². The second kappa shape index (κ2) is 3.27. The summed E-state index contributed by atoms with van der Waals surface area (Å²) in [6.07, 6.45) is 3.69. The lowest BCUT2D eigenvalue weighted by molar-refractivity contribution is -0.157. The van der Waals surface area contributed by atoms with Crippen LogP contribution < -0.4 is 0 Å². The Kier molecular flexibility index (Phi) is 2.17. The predicted molar refractivity (Wildman–Crippen MR) is 50.9 cm³/mol. The molecule has 4 atom stereocenters. The lowest BCUT2D eigenvalue weighted by atomic mass is 9.52. The number of amides is 1. The van der Waals surface area contributed by atoms with Crippen LogP contribution in [0.2, 0.25) is 0 Å². The van der Waals surface area contributed by atoms with E-state index in [-0.39, 0.29) is 24.3 Å². The Balaban J connectivity index is 1.75. The lowest BCUT2D eigenvalue weighted by Crippen LogP contribution is -2.49. The first-order valence-corrected chi connectivity index (χ1v) is 6.64. The summed E-state index contributed by atoms with van der Waals surface area (Å²) in [4.78, 5) is 11.7. The van der Waals surface area contributed by atoms with Crippen molar-refractivity contribution in [2.75, 3.05) is 6.54 Å². The second-order valence-corrected chi connectivity index (χ2v) is 6.12. The Bertz CT molecular complexity index is 541. The summed E-state index contributed by atoms with van der Waals surface area (Å²) < 4.78 is 61.9. The van der Waals surface area contributed by atoms with Crippen molar-refractivity contribution in [2.45, 2.75) is 5.51 Å². The fraction of sp³-hybridized carbons (Fsp3) is 0.667. The molecule has 3 aliphatic rings. The topological polar surface area (TPSA) is 63.7 Å². The van der Waals surface area contributed by atoms with Crippen LogP contribution in [0.1, 0.15) is 0 Å². The van der Waals surface area contributed by atoms with Gasteiger partial charge in [0.05, 0.1) is 12.5 Å². The van der Waals surface area contributed by atoms with Gasteiger partial charge in [-0.25, -0.2) is 5.06 Å². The van der Waals surface area contributed by atoms with Gasteiger partial charge in [-0.15, -0.1) is 4.28 Å². The number of hydrogen-bond donors (Lipinski definition) is 0. The standard InChI is InChI=1S/C9H8F3NO4S/c10-9(11,12)18(15,16)17-13-3-6-4-1-2-5(4)7(6)8(13)14/h1-2,4-7H,3H2. The minimum atomic E-state index is -5.76. The average molecular weight is 283 g/mol. The zero-order valence-corrected chi connectivity index (χ0v) is 9.61. The van der Waals surface area contributed by atoms with Crippen molar-refractivity contribution in [2.24, 2.45) is 23.7 Å². The molecule has 100 valence electrons. The lowest BCUT2D eigenvalue weighted by Gasteiger charge is -2.49. The highest BCUT2D eigenvalue weighted by molar-refractivity contribution is 7.87. The first-order valence-electron chi connectivity index (χ1n) is 5.23. The summed E-state index contributed by atoms with van der Waals surface area (Å²) in [5.41, 5.74) is -5.52. The normalized spacial score (nSPS) is 37.9. The summed E-state index contributed by atoms with van der Waals surface area (Å²) in [6.45, 7) is -0.107. The molecule has 0 aromatic heterocycles. The summed E-state index contributed by atoms with van der Waals surface area (Å²) in [5, 5.41) is 0.332. The maximum atomic E-state index is 12.1. The van der Waals surface area contributed by atoms with E-state index in [0.717, 1.165) is 0 Å². The number of hydroxylamine groups is 2. The number of nitrogens with zero attached hydrogens (tertiary/aromatic N) is 1. The first-order chi connectivity index (χ1) is 8.22. The molecule has 3 rings (SSSR count). The Labute approximate surface area is 100 Å². The molecule has 1 amide bonds. The fourth-order valence-corrected chi connectivity index (χ4v) is 3.25. The van der Waals surface area contributed by atoms with Gasteiger partial charge in [-0.05, 0) is 17.8 Å². The van der Waals surface area contributed by atoms with Gasteiger partial charge in [-0.1, -0.05) is 12.2 Å². The van der Waals surface area contributed by atoms with Crippen LogP contribution in [0.5, 0.6) is 0 Å². The van der Waals surface area contributed by atoms with Crippen LogP contribution >= 0.6 is 0 Å². The molecule has 0 radical (unpaired) electrons. The molecule has 18 heavy (non-hydrogen) atoms. The Hall–Kier alpha value is -1.09. The minimum Gasteiger partial charge on any atom is -0.272 e. The number of allylic oxidation sites excluding steroid dienone is 2. The van der Waals surface area contributed by atoms with Gasteiger partial charge in [0.1, 0.15) is 0 Å². The van der Waals surface area contributed by atoms with Crippen molar-refractivity contribution in [3.63, 3.8) is 0 Å². The van der Waals surface area contributed by atoms with Gasteiger partial charge < -0.3 is 0 Å². The van der Waals surface area contributed by atoms with E-state index in [1.807, 2.05) is 12.2 Å². The van der Waals surface area contributed by atoms with Crippen molar-refractivity contribution in [3.8, 4) is 0 Å². The molecule has 1 saturated carbocycles. The molecule has 5 nitrogen and oxygen atoms in total. The number of carbonyl (C=O) groups excluding carboxylic acids is 1. The molecular weight excluding hydrogens is 275 g/mol. The van der Waals surface area contributed by atoms with Gasteiger partial charge in [0, 0.05) is 0 Å². The molecule has 4 unspecified atom stereocenters. The van der Waals surface area contributed by atoms with E-state index in [1.54, 1.807) is 0 Å². The van der Waals surface area contributed by atoms with Gasteiger partial charge in [0.25, 0.3) is 5.91 Å². The van der Waals surface area contributed by atoms with Gasteiger partial charge in [0.2, 0.25) is 0 Å². The Morgan fingerprint density at radius 1 is 1.28 bits per heavy atom. The summed E-state index contributed by atoms with van der Waals surface area (Å²) in [7, 11) is -5.76. The minimum absolute atomic E-state index is 0.0321. The fourth-order valence-electron chi connectivity index (χ4n) is 2.79. The maximum Gasteiger partial charge on any atom is 0.525 e. The molecule has 0 bridgehead atoms. The van der Waals surface area contributed by atoms with Crippen molar-refractivity contribution < 1.29 is 30.7 Å². The van der Waals surface area contributed by atoms with E-state index < -0.39 is 27.5 Å². The van der Waals surface area contributed by atoms with Crippen LogP contribution in [0, 0.1) is 23.7 Å². The maximum absolute atomic E-state index is 12.1. The van der Waals surface area contributed by atoms with Crippen molar-refractivity contribution in [1.82, 2.24) is 5.06 Å². The number of carbonyl (C=O) groups is 1. The monoisotopic (exact) mass is 283 g/mol. The highest BCUT2D eigenvalue weighted by atomic mass is 32.2. The summed E-state index contributed by atoms with van der Waals surface area (Å²) in [6, 6.07) is 0. The van der Waals surface area contributed by atoms with Crippen LogP contribution in [0.4, 0.5) is 13.2 Å². The number of hydrogen-bond acceptors (Lipinski definition) is 4. The number of alkyl halides is 3. The second-order valence-electron chi connectivity index (χ2n) is 4.60. The van der Waals surface area contributed by atoms with E-state index in [2.05, 4.69) is 4.28 Å². The molecule has 0 spiro atoms. The van der Waals surface area contributed by atoms with E-state index >= 15 is 0 Å². The summed E-state index contributed by atoms with van der Waals surface area (Å²) >= 11 is 0. The third-order valence-corrected chi connectivity index (χ3v) is 4.69. The van der Waals surface area contributed by atoms with Crippen LogP contribution in [-0.2, 0) is 19.2 Å². The van der Waals surface area contributed by atoms with E-state index in [9.17, 15) is 26.4 Å². The van der Waals surface area contributed by atoms with Gasteiger partial charge in [0.15, 0.2) is 0 Å². The Morgan fingerprint density at radius 3 is 2.33 bits per heavy atom. The van der Waals surface area contributed by atoms with Crippen molar-refractivity contribution >= 4 is 16.0 Å². The smallest absolute Gasteiger partial charge is 0.272 e. The number of fused-ring (bicyclic) bond motifs is 4. The van der Waals surface area contributed by atoms with Crippen LogP contribution in [0.25, 0.3) is 0 Å². The molecule has 1 aliphatic heterocycles. The highest BCUT2D eigenvalue weighted by Crippen LogP contribution is 2.57. The van der Waals surface area contributed by atoms with Crippen LogP contribution in [-0.4, -0.2) is 31.4 Å². The molecule has 2 aliphatic carbocycles. The molecule has 0 aromatic rings. The third-order valence-electron chi connectivity index (χ3n) is 3.75. The quantitative estimate of drug-likeness (QED) is 0.551. The van der Waals surface area contributed by atoms with Crippen molar-refractivity contribution in [1.29, 1.82) is 0 Å². The van der Waals surface area contributed by atoms with Gasteiger partial charge in [-0.2, -0.15) is 21.6 Å². The van der Waals surface area contributed by atoms with E-state index in [1.165, 1.54) is 0 Å². The van der Waals surface area contributed by atoms with E-state index in [0.29, 0.717) is 5.06 Å². The molecule has 0 aromatic carbocycles. The first kappa shape index (κ1) is 12.0. The highest BCUT2D eigenvalue weighted by Gasteiger charge is 2.62. The van der Waals surface area contributed by atoms with Gasteiger partial charge in [-0.3, -0.25) is 4.79 Å². The zero-order valence-electron chi connectivity index (χ0n) is 8.79. The van der Waals surface area contributed by atoms with E-state index in [4.69, 9.17) is 0 Å². The molecule has 1 heterocycles. The third kappa shape index (κ3) is 1.37.